The van der Waals surface area contributed by atoms with Crippen molar-refractivity contribution in [2.24, 2.45) is 5.10 Å². The van der Waals surface area contributed by atoms with Gasteiger partial charge in [-0.2, -0.15) is 5.10 Å². The fourth-order valence-electron chi connectivity index (χ4n) is 1.41. The number of allylic oxidation sites excluding steroid dienone is 1. The van der Waals surface area contributed by atoms with Gasteiger partial charge < -0.3 is 0 Å². The zero-order chi connectivity index (χ0) is 13.5. The molecule has 0 unspecified atom stereocenters. The Labute approximate surface area is 125 Å². The number of hydrogen-bond acceptors (Lipinski definition) is 2. The molecule has 0 aliphatic carbocycles. The molecular formula is C15H12BrClN2. The first-order chi connectivity index (χ1) is 9.24. The highest BCUT2D eigenvalue weighted by Gasteiger charge is 1.88. The van der Waals surface area contributed by atoms with Crippen molar-refractivity contribution in [2.45, 2.75) is 0 Å². The number of rotatable bonds is 4. The number of nitrogens with zero attached hydrogens (tertiary/aromatic N) is 1. The van der Waals surface area contributed by atoms with Gasteiger partial charge in [-0.05, 0) is 48.0 Å². The Morgan fingerprint density at radius 2 is 1.68 bits per heavy atom. The van der Waals surface area contributed by atoms with Gasteiger partial charge in [0.15, 0.2) is 0 Å². The third kappa shape index (κ3) is 4.89. The van der Waals surface area contributed by atoms with E-state index in [0.29, 0.717) is 0 Å². The van der Waals surface area contributed by atoms with E-state index in [1.165, 1.54) is 0 Å². The summed E-state index contributed by atoms with van der Waals surface area (Å²) in [5.41, 5.74) is 4.97. The van der Waals surface area contributed by atoms with Gasteiger partial charge in [0.1, 0.15) is 0 Å². The summed E-state index contributed by atoms with van der Waals surface area (Å²) in [6.45, 7) is 0. The van der Waals surface area contributed by atoms with Crippen LogP contribution in [0, 0.1) is 0 Å². The lowest BCUT2D eigenvalue weighted by atomic mass is 10.2. The largest absolute Gasteiger partial charge is 0.279 e. The molecule has 0 atom stereocenters. The van der Waals surface area contributed by atoms with Gasteiger partial charge in [0.25, 0.3) is 0 Å². The minimum Gasteiger partial charge on any atom is -0.279 e. The summed E-state index contributed by atoms with van der Waals surface area (Å²) in [5, 5.41) is 4.84. The number of benzene rings is 2. The lowest BCUT2D eigenvalue weighted by Gasteiger charge is -1.98. The second-order valence-corrected chi connectivity index (χ2v) is 5.16. The minimum absolute atomic E-state index is 0.739. The number of hydrazone groups is 1. The molecule has 0 aliphatic heterocycles. The second-order valence-electron chi connectivity index (χ2n) is 3.81. The van der Waals surface area contributed by atoms with Crippen molar-refractivity contribution in [3.8, 4) is 0 Å². The predicted molar refractivity (Wildman–Crippen MR) is 86.7 cm³/mol. The van der Waals surface area contributed by atoms with E-state index in [0.717, 1.165) is 20.7 Å². The minimum atomic E-state index is 0.739. The average Bonchev–Trinajstić information content (AvgIpc) is 2.43. The maximum atomic E-state index is 5.81. The molecule has 0 aliphatic rings. The van der Waals surface area contributed by atoms with Crippen LogP contribution in [0.15, 0.2) is 64.2 Å². The maximum Gasteiger partial charge on any atom is 0.0562 e. The Bertz CT molecular complexity index is 574. The van der Waals surface area contributed by atoms with Crippen LogP contribution >= 0.6 is 27.5 Å². The highest BCUT2D eigenvalue weighted by atomic mass is 79.9. The number of halogens is 2. The summed E-state index contributed by atoms with van der Waals surface area (Å²) in [7, 11) is 0. The van der Waals surface area contributed by atoms with Crippen molar-refractivity contribution in [1.29, 1.82) is 0 Å². The van der Waals surface area contributed by atoms with Crippen LogP contribution in [0.25, 0.3) is 6.08 Å². The second kappa shape index (κ2) is 7.12. The van der Waals surface area contributed by atoms with Crippen molar-refractivity contribution < 1.29 is 0 Å². The molecular weight excluding hydrogens is 324 g/mol. The summed E-state index contributed by atoms with van der Waals surface area (Å²) in [5.74, 6) is 0. The standard InChI is InChI=1S/C15H12BrClN2/c16-13-5-9-15(10-6-13)19-18-11-1-2-12-3-7-14(17)8-4-12/h1-11,19H. The molecule has 0 saturated heterocycles. The van der Waals surface area contributed by atoms with Crippen LogP contribution in [0.4, 0.5) is 5.69 Å². The molecule has 0 radical (unpaired) electrons. The first kappa shape index (κ1) is 13.8. The summed E-state index contributed by atoms with van der Waals surface area (Å²) in [6, 6.07) is 15.4. The van der Waals surface area contributed by atoms with Crippen LogP contribution in [0.1, 0.15) is 5.56 Å². The molecule has 2 nitrogen and oxygen atoms in total. The van der Waals surface area contributed by atoms with Gasteiger partial charge in [-0.15, -0.1) is 0 Å². The number of anilines is 1. The van der Waals surface area contributed by atoms with Crippen molar-refractivity contribution in [3.05, 3.63) is 69.7 Å². The predicted octanol–water partition coefficient (Wildman–Crippen LogP) is 5.21. The van der Waals surface area contributed by atoms with Crippen molar-refractivity contribution in [3.63, 3.8) is 0 Å². The monoisotopic (exact) mass is 334 g/mol. The highest BCUT2D eigenvalue weighted by molar-refractivity contribution is 9.10. The molecule has 96 valence electrons. The molecule has 2 rings (SSSR count). The maximum absolute atomic E-state index is 5.81. The van der Waals surface area contributed by atoms with Crippen LogP contribution in [-0.4, -0.2) is 6.21 Å². The van der Waals surface area contributed by atoms with Crippen molar-refractivity contribution in [2.75, 3.05) is 5.43 Å². The van der Waals surface area contributed by atoms with Gasteiger partial charge in [0.05, 0.1) is 5.69 Å². The van der Waals surface area contributed by atoms with E-state index in [1.54, 1.807) is 6.21 Å². The zero-order valence-electron chi connectivity index (χ0n) is 10.1. The van der Waals surface area contributed by atoms with Crippen LogP contribution in [0.3, 0.4) is 0 Å². The molecule has 0 amide bonds. The van der Waals surface area contributed by atoms with Gasteiger partial charge in [-0.25, -0.2) is 0 Å². The SMILES string of the molecule is Clc1ccc(C=CC=NNc2ccc(Br)cc2)cc1. The fraction of sp³-hybridized carbons (Fsp3) is 0. The van der Waals surface area contributed by atoms with E-state index < -0.39 is 0 Å². The van der Waals surface area contributed by atoms with Crippen LogP contribution in [0.2, 0.25) is 5.02 Å². The van der Waals surface area contributed by atoms with Crippen LogP contribution in [-0.2, 0) is 0 Å². The zero-order valence-corrected chi connectivity index (χ0v) is 12.4. The Hall–Kier alpha value is -1.58. The lowest BCUT2D eigenvalue weighted by Crippen LogP contribution is -1.87. The van der Waals surface area contributed by atoms with E-state index in [-0.39, 0.29) is 0 Å². The first-order valence-electron chi connectivity index (χ1n) is 5.71. The fourth-order valence-corrected chi connectivity index (χ4v) is 1.80. The van der Waals surface area contributed by atoms with Gasteiger partial charge in [-0.1, -0.05) is 45.7 Å². The lowest BCUT2D eigenvalue weighted by molar-refractivity contribution is 1.35. The highest BCUT2D eigenvalue weighted by Crippen LogP contribution is 2.13. The molecule has 0 saturated carbocycles. The van der Waals surface area contributed by atoms with Crippen molar-refractivity contribution in [1.82, 2.24) is 0 Å². The van der Waals surface area contributed by atoms with Crippen molar-refractivity contribution >= 4 is 45.5 Å². The third-order valence-electron chi connectivity index (χ3n) is 2.36. The number of nitrogens with one attached hydrogen (secondary N) is 1. The molecule has 1 N–H and O–H groups in total. The Morgan fingerprint density at radius 3 is 2.37 bits per heavy atom. The van der Waals surface area contributed by atoms with Gasteiger partial charge in [0, 0.05) is 15.7 Å². The first-order valence-corrected chi connectivity index (χ1v) is 6.88. The molecule has 19 heavy (non-hydrogen) atoms. The smallest absolute Gasteiger partial charge is 0.0562 e. The van der Waals surface area contributed by atoms with Gasteiger partial charge >= 0.3 is 0 Å². The molecule has 0 spiro atoms. The molecule has 0 aromatic heterocycles. The summed E-state index contributed by atoms with van der Waals surface area (Å²) in [4.78, 5) is 0. The molecule has 4 heteroatoms. The number of hydrogen-bond donors (Lipinski definition) is 1. The van der Waals surface area contributed by atoms with E-state index in [9.17, 15) is 0 Å². The van der Waals surface area contributed by atoms with Crippen LogP contribution < -0.4 is 5.43 Å². The van der Waals surface area contributed by atoms with E-state index >= 15 is 0 Å². The normalized spacial score (nSPS) is 11.3. The molecule has 0 fully saturated rings. The molecule has 2 aromatic rings. The summed E-state index contributed by atoms with van der Waals surface area (Å²) < 4.78 is 1.05. The Kier molecular flexibility index (Phi) is 5.19. The van der Waals surface area contributed by atoms with E-state index in [2.05, 4.69) is 26.5 Å². The van der Waals surface area contributed by atoms with E-state index in [4.69, 9.17) is 11.6 Å². The van der Waals surface area contributed by atoms with Gasteiger partial charge in [-0.3, -0.25) is 5.43 Å². The molecule has 0 heterocycles. The Balaban J connectivity index is 1.86. The topological polar surface area (TPSA) is 24.4 Å². The third-order valence-corrected chi connectivity index (χ3v) is 3.14. The molecule has 2 aromatic carbocycles. The van der Waals surface area contributed by atoms with Gasteiger partial charge in [0.2, 0.25) is 0 Å². The molecule has 0 bridgehead atoms. The summed E-state index contributed by atoms with van der Waals surface area (Å²) in [6.07, 6.45) is 5.54. The quantitative estimate of drug-likeness (QED) is 0.601. The summed E-state index contributed by atoms with van der Waals surface area (Å²) >= 11 is 9.19. The Morgan fingerprint density at radius 1 is 1.00 bits per heavy atom. The average molecular weight is 336 g/mol. The van der Waals surface area contributed by atoms with E-state index in [1.807, 2.05) is 60.7 Å². The van der Waals surface area contributed by atoms with Crippen LogP contribution in [0.5, 0.6) is 0 Å².